The molecule has 0 spiro atoms. The van der Waals surface area contributed by atoms with Crippen molar-refractivity contribution in [2.24, 2.45) is 0 Å². The second-order valence-electron chi connectivity index (χ2n) is 6.76. The Morgan fingerprint density at radius 1 is 0.964 bits per heavy atom. The molecule has 0 aliphatic carbocycles. The van der Waals surface area contributed by atoms with Gasteiger partial charge in [-0.1, -0.05) is 6.07 Å². The molecule has 5 nitrogen and oxygen atoms in total. The Balaban J connectivity index is 1.62. The molecular weight excluding hydrogens is 392 g/mol. The van der Waals surface area contributed by atoms with Gasteiger partial charge in [0.2, 0.25) is 0 Å². The third-order valence-electron chi connectivity index (χ3n) is 4.98. The van der Waals surface area contributed by atoms with Crippen molar-refractivity contribution in [1.29, 1.82) is 0 Å². The lowest BCUT2D eigenvalue weighted by Gasteiger charge is -2.29. The minimum Gasteiger partial charge on any atom is -0.396 e. The Kier molecular flexibility index (Phi) is 5.85. The van der Waals surface area contributed by atoms with Crippen LogP contribution < -0.4 is 9.80 Å². The van der Waals surface area contributed by atoms with Crippen molar-refractivity contribution >= 4 is 51.9 Å². The number of piperidine rings is 1. The van der Waals surface area contributed by atoms with Crippen LogP contribution in [0.2, 0.25) is 0 Å². The molecule has 7 heteroatoms. The molecule has 146 valence electrons. The quantitative estimate of drug-likeness (QED) is 0.730. The van der Waals surface area contributed by atoms with Gasteiger partial charge in [0, 0.05) is 29.4 Å². The number of carbonyl (C=O) groups excluding carboxylic acids is 2. The van der Waals surface area contributed by atoms with Gasteiger partial charge in [0.25, 0.3) is 11.8 Å². The van der Waals surface area contributed by atoms with Crippen LogP contribution in [-0.4, -0.2) is 42.4 Å². The Bertz CT molecular complexity index is 885. The van der Waals surface area contributed by atoms with E-state index in [2.05, 4.69) is 4.90 Å². The lowest BCUT2D eigenvalue weighted by molar-refractivity contribution is -0.119. The van der Waals surface area contributed by atoms with Crippen LogP contribution in [0.1, 0.15) is 24.1 Å². The zero-order valence-corrected chi connectivity index (χ0v) is 17.1. The predicted molar refractivity (Wildman–Crippen MR) is 116 cm³/mol. The number of thiophene rings is 1. The van der Waals surface area contributed by atoms with E-state index in [1.165, 1.54) is 47.3 Å². The first-order valence-corrected chi connectivity index (χ1v) is 11.3. The number of benzene rings is 1. The van der Waals surface area contributed by atoms with Crippen molar-refractivity contribution in [3.8, 4) is 0 Å². The largest absolute Gasteiger partial charge is 0.396 e. The fourth-order valence-corrected chi connectivity index (χ4v) is 5.31. The summed E-state index contributed by atoms with van der Waals surface area (Å²) in [5, 5.41) is 11.1. The molecule has 1 N–H and O–H groups in total. The number of anilines is 2. The SMILES string of the molecule is O=C1C(SCCO)=C(c2cccs2)C(=O)N1c1ccc(N2CCCCC2)cc1. The van der Waals surface area contributed by atoms with Gasteiger partial charge >= 0.3 is 0 Å². The summed E-state index contributed by atoms with van der Waals surface area (Å²) in [5.74, 6) is -0.221. The van der Waals surface area contributed by atoms with Gasteiger partial charge in [-0.15, -0.1) is 23.1 Å². The first-order chi connectivity index (χ1) is 13.7. The standard InChI is InChI=1S/C21H22N2O3S2/c24-12-14-28-19-18(17-5-4-13-27-17)20(25)23(21(19)26)16-8-6-15(7-9-16)22-10-2-1-3-11-22/h4-9,13,24H,1-3,10-12,14H2. The van der Waals surface area contributed by atoms with Gasteiger partial charge in [0.15, 0.2) is 0 Å². The summed E-state index contributed by atoms with van der Waals surface area (Å²) in [4.78, 5) is 31.0. The van der Waals surface area contributed by atoms with Crippen LogP contribution >= 0.6 is 23.1 Å². The molecule has 0 radical (unpaired) electrons. The second-order valence-corrected chi connectivity index (χ2v) is 8.82. The van der Waals surface area contributed by atoms with E-state index in [9.17, 15) is 14.7 Å². The summed E-state index contributed by atoms with van der Waals surface area (Å²) in [6.45, 7) is 2.05. The minimum absolute atomic E-state index is 0.0438. The number of nitrogens with zero attached hydrogens (tertiary/aromatic N) is 2. The number of thioether (sulfide) groups is 1. The van der Waals surface area contributed by atoms with Crippen LogP contribution in [-0.2, 0) is 9.59 Å². The van der Waals surface area contributed by atoms with Crippen LogP contribution in [0.5, 0.6) is 0 Å². The maximum atomic E-state index is 13.1. The van der Waals surface area contributed by atoms with E-state index >= 15 is 0 Å². The van der Waals surface area contributed by atoms with Gasteiger partial charge in [0.1, 0.15) is 0 Å². The van der Waals surface area contributed by atoms with Gasteiger partial charge in [0.05, 0.1) is 22.8 Å². The molecule has 2 amide bonds. The van der Waals surface area contributed by atoms with Gasteiger partial charge in [-0.05, 0) is 55.0 Å². The summed E-state index contributed by atoms with van der Waals surface area (Å²) in [5.41, 5.74) is 2.16. The maximum absolute atomic E-state index is 13.1. The number of aliphatic hydroxyl groups excluding tert-OH is 1. The Hall–Kier alpha value is -2.09. The highest BCUT2D eigenvalue weighted by molar-refractivity contribution is 8.04. The molecule has 2 aliphatic rings. The van der Waals surface area contributed by atoms with Crippen molar-refractivity contribution in [3.05, 3.63) is 51.6 Å². The van der Waals surface area contributed by atoms with Crippen LogP contribution in [0.15, 0.2) is 46.7 Å². The van der Waals surface area contributed by atoms with E-state index in [4.69, 9.17) is 0 Å². The third kappa shape index (κ3) is 3.62. The lowest BCUT2D eigenvalue weighted by atomic mass is 10.1. The van der Waals surface area contributed by atoms with E-state index in [0.717, 1.165) is 23.7 Å². The van der Waals surface area contributed by atoms with E-state index in [1.54, 1.807) is 0 Å². The zero-order valence-electron chi connectivity index (χ0n) is 15.5. The summed E-state index contributed by atoms with van der Waals surface area (Å²) >= 11 is 2.68. The molecule has 1 fully saturated rings. The Labute approximate surface area is 172 Å². The van der Waals surface area contributed by atoms with Gasteiger partial charge < -0.3 is 10.0 Å². The van der Waals surface area contributed by atoms with Gasteiger partial charge in [-0.3, -0.25) is 9.59 Å². The zero-order chi connectivity index (χ0) is 19.5. The fourth-order valence-electron chi connectivity index (χ4n) is 3.63. The van der Waals surface area contributed by atoms with Crippen molar-refractivity contribution in [2.45, 2.75) is 19.3 Å². The van der Waals surface area contributed by atoms with Crippen molar-refractivity contribution in [1.82, 2.24) is 0 Å². The summed E-state index contributed by atoms with van der Waals surface area (Å²) < 4.78 is 0. The molecule has 3 heterocycles. The number of hydrogen-bond acceptors (Lipinski definition) is 6. The number of carbonyl (C=O) groups is 2. The highest BCUT2D eigenvalue weighted by atomic mass is 32.2. The van der Waals surface area contributed by atoms with Crippen molar-refractivity contribution in [2.75, 3.05) is 35.2 Å². The monoisotopic (exact) mass is 414 g/mol. The Morgan fingerprint density at radius 3 is 2.32 bits per heavy atom. The molecule has 0 saturated carbocycles. The molecule has 2 aliphatic heterocycles. The number of imide groups is 1. The Morgan fingerprint density at radius 2 is 1.68 bits per heavy atom. The molecule has 1 saturated heterocycles. The third-order valence-corrected chi connectivity index (χ3v) is 6.92. The number of hydrogen-bond donors (Lipinski definition) is 1. The van der Waals surface area contributed by atoms with Gasteiger partial charge in [-0.2, -0.15) is 0 Å². The van der Waals surface area contributed by atoms with Crippen molar-refractivity contribution < 1.29 is 14.7 Å². The van der Waals surface area contributed by atoms with Crippen molar-refractivity contribution in [3.63, 3.8) is 0 Å². The maximum Gasteiger partial charge on any atom is 0.272 e. The number of aliphatic hydroxyl groups is 1. The highest BCUT2D eigenvalue weighted by Crippen LogP contribution is 2.40. The number of rotatable bonds is 6. The first kappa shape index (κ1) is 19.2. The summed E-state index contributed by atoms with van der Waals surface area (Å²) in [6.07, 6.45) is 3.67. The first-order valence-electron chi connectivity index (χ1n) is 9.46. The normalized spacial score (nSPS) is 17.8. The van der Waals surface area contributed by atoms with E-state index in [1.807, 2.05) is 41.8 Å². The minimum atomic E-state index is -0.308. The molecular formula is C21H22N2O3S2. The summed E-state index contributed by atoms with van der Waals surface area (Å²) in [7, 11) is 0. The molecule has 4 rings (SSSR count). The van der Waals surface area contributed by atoms with Crippen LogP contribution in [0, 0.1) is 0 Å². The number of amides is 2. The fraction of sp³-hybridized carbons (Fsp3) is 0.333. The summed E-state index contributed by atoms with van der Waals surface area (Å²) in [6, 6.07) is 11.4. The van der Waals surface area contributed by atoms with E-state index in [-0.39, 0.29) is 18.4 Å². The van der Waals surface area contributed by atoms with Crippen LogP contribution in [0.4, 0.5) is 11.4 Å². The van der Waals surface area contributed by atoms with Crippen LogP contribution in [0.25, 0.3) is 5.57 Å². The van der Waals surface area contributed by atoms with E-state index < -0.39 is 0 Å². The molecule has 0 atom stereocenters. The van der Waals surface area contributed by atoms with E-state index in [0.29, 0.717) is 21.9 Å². The highest BCUT2D eigenvalue weighted by Gasteiger charge is 2.40. The average Bonchev–Trinajstić information content (AvgIpc) is 3.33. The topological polar surface area (TPSA) is 60.9 Å². The lowest BCUT2D eigenvalue weighted by Crippen LogP contribution is -2.32. The molecule has 1 aromatic heterocycles. The smallest absolute Gasteiger partial charge is 0.272 e. The molecule has 28 heavy (non-hydrogen) atoms. The molecule has 1 aromatic carbocycles. The van der Waals surface area contributed by atoms with Crippen LogP contribution in [0.3, 0.4) is 0 Å². The van der Waals surface area contributed by atoms with Gasteiger partial charge in [-0.25, -0.2) is 4.90 Å². The molecule has 2 aromatic rings. The molecule has 0 unspecified atom stereocenters. The average molecular weight is 415 g/mol. The predicted octanol–water partition coefficient (Wildman–Crippen LogP) is 3.75. The second kappa shape index (κ2) is 8.51. The molecule has 0 bridgehead atoms.